The molecule has 0 atom stereocenters. The van der Waals surface area contributed by atoms with Crippen molar-refractivity contribution >= 4 is 5.97 Å². The summed E-state index contributed by atoms with van der Waals surface area (Å²) in [6.45, 7) is 3.89. The standard InChI is InChI=1S/C12H13N3O2/c1-3-10-13-11(12(16)17)14-15(10)9-6-4-5-8(2)7-9/h4-7H,3H2,1-2H3,(H,16,17). The molecule has 0 saturated carbocycles. The van der Waals surface area contributed by atoms with Crippen molar-refractivity contribution in [1.29, 1.82) is 0 Å². The third-order valence-electron chi connectivity index (χ3n) is 2.43. The molecule has 5 heteroatoms. The fourth-order valence-corrected chi connectivity index (χ4v) is 1.63. The van der Waals surface area contributed by atoms with Gasteiger partial charge in [-0.1, -0.05) is 19.1 Å². The minimum absolute atomic E-state index is 0.164. The average Bonchev–Trinajstić information content (AvgIpc) is 2.73. The van der Waals surface area contributed by atoms with E-state index in [9.17, 15) is 4.79 Å². The van der Waals surface area contributed by atoms with E-state index in [-0.39, 0.29) is 5.82 Å². The molecule has 17 heavy (non-hydrogen) atoms. The maximum absolute atomic E-state index is 10.8. The molecule has 0 radical (unpaired) electrons. The van der Waals surface area contributed by atoms with Crippen molar-refractivity contribution in [3.05, 3.63) is 41.5 Å². The Kier molecular flexibility index (Phi) is 2.91. The highest BCUT2D eigenvalue weighted by Gasteiger charge is 2.15. The van der Waals surface area contributed by atoms with Crippen LogP contribution in [0, 0.1) is 6.92 Å². The SMILES string of the molecule is CCc1nc(C(=O)O)nn1-c1cccc(C)c1. The number of carboxylic acid groups (broad SMARTS) is 1. The maximum Gasteiger partial charge on any atom is 0.375 e. The first kappa shape index (κ1) is 11.3. The van der Waals surface area contributed by atoms with Crippen LogP contribution in [0.5, 0.6) is 0 Å². The highest BCUT2D eigenvalue weighted by Crippen LogP contribution is 2.12. The molecule has 2 aromatic rings. The first-order valence-electron chi connectivity index (χ1n) is 5.38. The number of aromatic nitrogens is 3. The fourth-order valence-electron chi connectivity index (χ4n) is 1.63. The van der Waals surface area contributed by atoms with Crippen molar-refractivity contribution in [2.24, 2.45) is 0 Å². The average molecular weight is 231 g/mol. The topological polar surface area (TPSA) is 68.0 Å². The maximum atomic E-state index is 10.8. The Morgan fingerprint density at radius 2 is 2.24 bits per heavy atom. The van der Waals surface area contributed by atoms with Crippen LogP contribution < -0.4 is 0 Å². The first-order chi connectivity index (χ1) is 8.11. The monoisotopic (exact) mass is 231 g/mol. The Hall–Kier alpha value is -2.17. The van der Waals surface area contributed by atoms with E-state index in [0.717, 1.165) is 11.3 Å². The molecule has 5 nitrogen and oxygen atoms in total. The van der Waals surface area contributed by atoms with Gasteiger partial charge in [-0.2, -0.15) is 0 Å². The zero-order chi connectivity index (χ0) is 12.4. The van der Waals surface area contributed by atoms with Gasteiger partial charge in [-0.3, -0.25) is 0 Å². The Morgan fingerprint density at radius 3 is 2.82 bits per heavy atom. The highest BCUT2D eigenvalue weighted by molar-refractivity contribution is 5.83. The van der Waals surface area contributed by atoms with Gasteiger partial charge in [-0.25, -0.2) is 14.5 Å². The predicted octanol–water partition coefficient (Wildman–Crippen LogP) is 1.84. The number of hydrogen-bond acceptors (Lipinski definition) is 3. The third-order valence-corrected chi connectivity index (χ3v) is 2.43. The van der Waals surface area contributed by atoms with Crippen LogP contribution in [0.2, 0.25) is 0 Å². The van der Waals surface area contributed by atoms with Gasteiger partial charge in [-0.15, -0.1) is 5.10 Å². The van der Waals surface area contributed by atoms with Gasteiger partial charge in [0.05, 0.1) is 5.69 Å². The van der Waals surface area contributed by atoms with Crippen LogP contribution in [-0.2, 0) is 6.42 Å². The highest BCUT2D eigenvalue weighted by atomic mass is 16.4. The van der Waals surface area contributed by atoms with Crippen LogP contribution in [0.25, 0.3) is 5.69 Å². The molecule has 0 fully saturated rings. The van der Waals surface area contributed by atoms with Gasteiger partial charge in [-0.05, 0) is 24.6 Å². The number of benzene rings is 1. The molecule has 0 aliphatic carbocycles. The quantitative estimate of drug-likeness (QED) is 0.875. The lowest BCUT2D eigenvalue weighted by molar-refractivity contribution is 0.0683. The van der Waals surface area contributed by atoms with Crippen molar-refractivity contribution in [2.45, 2.75) is 20.3 Å². The number of carbonyl (C=O) groups is 1. The van der Waals surface area contributed by atoms with Crippen LogP contribution >= 0.6 is 0 Å². The van der Waals surface area contributed by atoms with Crippen LogP contribution in [0.4, 0.5) is 0 Å². The molecule has 0 spiro atoms. The molecule has 88 valence electrons. The summed E-state index contributed by atoms with van der Waals surface area (Å²) in [5, 5.41) is 12.9. The number of carboxylic acids is 1. The Morgan fingerprint density at radius 1 is 1.47 bits per heavy atom. The van der Waals surface area contributed by atoms with Crippen molar-refractivity contribution in [2.75, 3.05) is 0 Å². The molecule has 1 aromatic carbocycles. The Balaban J connectivity index is 2.54. The Bertz CT molecular complexity index is 561. The van der Waals surface area contributed by atoms with E-state index in [1.165, 1.54) is 0 Å². The second-order valence-corrected chi connectivity index (χ2v) is 3.76. The second-order valence-electron chi connectivity index (χ2n) is 3.76. The van der Waals surface area contributed by atoms with Gasteiger partial charge in [0.25, 0.3) is 5.82 Å². The summed E-state index contributed by atoms with van der Waals surface area (Å²) < 4.78 is 1.58. The van der Waals surface area contributed by atoms with E-state index in [4.69, 9.17) is 5.11 Å². The van der Waals surface area contributed by atoms with Gasteiger partial charge in [0.1, 0.15) is 5.82 Å². The van der Waals surface area contributed by atoms with E-state index in [0.29, 0.717) is 12.2 Å². The number of hydrogen-bond donors (Lipinski definition) is 1. The molecule has 2 rings (SSSR count). The van der Waals surface area contributed by atoms with Gasteiger partial charge in [0.2, 0.25) is 0 Å². The minimum atomic E-state index is -1.11. The van der Waals surface area contributed by atoms with Crippen molar-refractivity contribution in [3.63, 3.8) is 0 Å². The first-order valence-corrected chi connectivity index (χ1v) is 5.38. The van der Waals surface area contributed by atoms with Crippen LogP contribution in [0.15, 0.2) is 24.3 Å². The summed E-state index contributed by atoms with van der Waals surface area (Å²) in [6.07, 6.45) is 0.633. The lowest BCUT2D eigenvalue weighted by Gasteiger charge is -2.04. The molecule has 1 N–H and O–H groups in total. The molecule has 1 heterocycles. The van der Waals surface area contributed by atoms with E-state index < -0.39 is 5.97 Å². The summed E-state index contributed by atoms with van der Waals surface area (Å²) in [7, 11) is 0. The molecule has 0 aliphatic heterocycles. The third kappa shape index (κ3) is 2.18. The molecular formula is C12H13N3O2. The zero-order valence-corrected chi connectivity index (χ0v) is 9.71. The van der Waals surface area contributed by atoms with Crippen molar-refractivity contribution in [1.82, 2.24) is 14.8 Å². The van der Waals surface area contributed by atoms with Crippen LogP contribution in [0.3, 0.4) is 0 Å². The molecule has 1 aromatic heterocycles. The summed E-state index contributed by atoms with van der Waals surface area (Å²) in [5.74, 6) is -0.623. The summed E-state index contributed by atoms with van der Waals surface area (Å²) in [5.41, 5.74) is 1.93. The summed E-state index contributed by atoms with van der Waals surface area (Å²) in [4.78, 5) is 14.8. The summed E-state index contributed by atoms with van der Waals surface area (Å²) in [6, 6.07) is 7.71. The van der Waals surface area contributed by atoms with Gasteiger partial charge >= 0.3 is 5.97 Å². The molecule has 0 saturated heterocycles. The van der Waals surface area contributed by atoms with Gasteiger partial charge in [0.15, 0.2) is 0 Å². The number of rotatable bonds is 3. The molecule has 0 unspecified atom stereocenters. The lowest BCUT2D eigenvalue weighted by atomic mass is 10.2. The normalized spacial score (nSPS) is 10.5. The lowest BCUT2D eigenvalue weighted by Crippen LogP contribution is -2.03. The minimum Gasteiger partial charge on any atom is -0.475 e. The van der Waals surface area contributed by atoms with E-state index >= 15 is 0 Å². The zero-order valence-electron chi connectivity index (χ0n) is 9.71. The molecule has 0 bridgehead atoms. The van der Waals surface area contributed by atoms with Gasteiger partial charge in [0, 0.05) is 6.42 Å². The molecular weight excluding hydrogens is 218 g/mol. The smallest absolute Gasteiger partial charge is 0.375 e. The fraction of sp³-hybridized carbons (Fsp3) is 0.250. The largest absolute Gasteiger partial charge is 0.475 e. The number of nitrogens with zero attached hydrogens (tertiary/aromatic N) is 3. The number of aryl methyl sites for hydroxylation is 2. The van der Waals surface area contributed by atoms with E-state index in [1.54, 1.807) is 4.68 Å². The van der Waals surface area contributed by atoms with Gasteiger partial charge < -0.3 is 5.11 Å². The molecule has 0 amide bonds. The van der Waals surface area contributed by atoms with Crippen molar-refractivity contribution in [3.8, 4) is 5.69 Å². The summed E-state index contributed by atoms with van der Waals surface area (Å²) >= 11 is 0. The second kappa shape index (κ2) is 4.37. The number of aromatic carboxylic acids is 1. The predicted molar refractivity (Wildman–Crippen MR) is 62.4 cm³/mol. The van der Waals surface area contributed by atoms with Crippen LogP contribution in [-0.4, -0.2) is 25.8 Å². The van der Waals surface area contributed by atoms with Crippen LogP contribution in [0.1, 0.15) is 28.9 Å². The van der Waals surface area contributed by atoms with Crippen molar-refractivity contribution < 1.29 is 9.90 Å². The molecule has 0 aliphatic rings. The van der Waals surface area contributed by atoms with E-state index in [2.05, 4.69) is 10.1 Å². The van der Waals surface area contributed by atoms with E-state index in [1.807, 2.05) is 38.1 Å². The Labute approximate surface area is 98.7 Å².